The molecule has 1 aromatic carbocycles. The molecule has 0 aliphatic rings. The summed E-state index contributed by atoms with van der Waals surface area (Å²) in [4.78, 5) is 21.9. The van der Waals surface area contributed by atoms with Gasteiger partial charge in [0.2, 0.25) is 0 Å². The molecule has 0 radical (unpaired) electrons. The van der Waals surface area contributed by atoms with Crippen LogP contribution in [0.4, 0.5) is 0 Å². The highest BCUT2D eigenvalue weighted by Gasteiger charge is 2.13. The number of carboxylic acids is 1. The summed E-state index contributed by atoms with van der Waals surface area (Å²) in [6.07, 6.45) is -0.628. The Morgan fingerprint density at radius 1 is 1.30 bits per heavy atom. The van der Waals surface area contributed by atoms with Crippen LogP contribution in [-0.4, -0.2) is 42.8 Å². The lowest BCUT2D eigenvalue weighted by Crippen LogP contribution is -2.38. The second kappa shape index (κ2) is 8.16. The van der Waals surface area contributed by atoms with Gasteiger partial charge in [0, 0.05) is 6.54 Å². The molecule has 2 N–H and O–H groups in total. The summed E-state index contributed by atoms with van der Waals surface area (Å²) in [5.41, 5.74) is 1.12. The van der Waals surface area contributed by atoms with Crippen LogP contribution < -0.4 is 10.1 Å². The number of hydrogen-bond donors (Lipinski definition) is 2. The third-order valence-corrected chi connectivity index (χ3v) is 2.47. The van der Waals surface area contributed by atoms with Crippen LogP contribution in [0, 0.1) is 6.92 Å². The van der Waals surface area contributed by atoms with Gasteiger partial charge in [0.25, 0.3) is 5.91 Å². The van der Waals surface area contributed by atoms with Gasteiger partial charge in [0.15, 0.2) is 6.10 Å². The zero-order chi connectivity index (χ0) is 15.0. The molecule has 0 aromatic heterocycles. The number of benzene rings is 1. The number of ether oxygens (including phenoxy) is 2. The third-order valence-electron chi connectivity index (χ3n) is 2.47. The number of carbonyl (C=O) groups excluding carboxylic acids is 1. The molecule has 110 valence electrons. The number of hydrogen-bond acceptors (Lipinski definition) is 4. The molecule has 0 heterocycles. The van der Waals surface area contributed by atoms with Crippen molar-refractivity contribution >= 4 is 11.9 Å². The number of rotatable bonds is 8. The summed E-state index contributed by atoms with van der Waals surface area (Å²) in [6.45, 7) is 3.64. The molecule has 0 fully saturated rings. The van der Waals surface area contributed by atoms with Gasteiger partial charge in [-0.3, -0.25) is 4.79 Å². The van der Waals surface area contributed by atoms with Crippen molar-refractivity contribution in [1.82, 2.24) is 5.32 Å². The van der Waals surface area contributed by atoms with Gasteiger partial charge in [-0.15, -0.1) is 0 Å². The van der Waals surface area contributed by atoms with E-state index in [4.69, 9.17) is 14.6 Å². The van der Waals surface area contributed by atoms with Crippen LogP contribution in [0.1, 0.15) is 12.5 Å². The van der Waals surface area contributed by atoms with Crippen LogP contribution in [0.3, 0.4) is 0 Å². The number of aliphatic carboxylic acids is 1. The Bertz CT molecular complexity index is 443. The second-order valence-electron chi connectivity index (χ2n) is 4.31. The molecule has 0 bridgehead atoms. The highest BCUT2D eigenvalue weighted by atomic mass is 16.5. The Labute approximate surface area is 117 Å². The summed E-state index contributed by atoms with van der Waals surface area (Å²) in [5.74, 6) is -0.683. The van der Waals surface area contributed by atoms with Crippen molar-refractivity contribution in [3.05, 3.63) is 29.8 Å². The van der Waals surface area contributed by atoms with Crippen molar-refractivity contribution in [3.63, 3.8) is 0 Å². The zero-order valence-electron chi connectivity index (χ0n) is 11.6. The maximum atomic E-state index is 11.7. The fourth-order valence-corrected chi connectivity index (χ4v) is 1.42. The standard InChI is InChI=1S/C14H19NO5/c1-10-3-5-12(6-4-10)20-11(2)14(18)15-7-8-19-9-13(16)17/h3-6,11H,7-9H2,1-2H3,(H,15,18)(H,16,17). The van der Waals surface area contributed by atoms with Gasteiger partial charge in [-0.1, -0.05) is 17.7 Å². The predicted octanol–water partition coefficient (Wildman–Crippen LogP) is 0.980. The summed E-state index contributed by atoms with van der Waals surface area (Å²) in [7, 11) is 0. The lowest BCUT2D eigenvalue weighted by Gasteiger charge is -2.14. The largest absolute Gasteiger partial charge is 0.481 e. The van der Waals surface area contributed by atoms with Gasteiger partial charge in [0.1, 0.15) is 12.4 Å². The van der Waals surface area contributed by atoms with Crippen molar-refractivity contribution in [2.75, 3.05) is 19.8 Å². The molecule has 1 aromatic rings. The molecule has 0 aliphatic carbocycles. The van der Waals surface area contributed by atoms with E-state index in [1.807, 2.05) is 19.1 Å². The maximum Gasteiger partial charge on any atom is 0.329 e. The number of amides is 1. The molecule has 1 unspecified atom stereocenters. The SMILES string of the molecule is Cc1ccc(OC(C)C(=O)NCCOCC(=O)O)cc1. The topological polar surface area (TPSA) is 84.9 Å². The average molecular weight is 281 g/mol. The fourth-order valence-electron chi connectivity index (χ4n) is 1.42. The lowest BCUT2D eigenvalue weighted by molar-refractivity contribution is -0.142. The Morgan fingerprint density at radius 3 is 2.55 bits per heavy atom. The maximum absolute atomic E-state index is 11.7. The Balaban J connectivity index is 2.25. The quantitative estimate of drug-likeness (QED) is 0.694. The van der Waals surface area contributed by atoms with E-state index < -0.39 is 12.1 Å². The van der Waals surface area contributed by atoms with Crippen LogP contribution in [0.5, 0.6) is 5.75 Å². The molecule has 0 saturated carbocycles. The van der Waals surface area contributed by atoms with Crippen molar-refractivity contribution in [1.29, 1.82) is 0 Å². The van der Waals surface area contributed by atoms with Gasteiger partial charge < -0.3 is 19.9 Å². The Morgan fingerprint density at radius 2 is 1.95 bits per heavy atom. The lowest BCUT2D eigenvalue weighted by atomic mass is 10.2. The van der Waals surface area contributed by atoms with Gasteiger partial charge in [0.05, 0.1) is 6.61 Å². The molecule has 20 heavy (non-hydrogen) atoms. The van der Waals surface area contributed by atoms with E-state index in [0.717, 1.165) is 5.56 Å². The number of nitrogens with one attached hydrogen (secondary N) is 1. The van der Waals surface area contributed by atoms with Gasteiger partial charge in [-0.25, -0.2) is 4.79 Å². The van der Waals surface area contributed by atoms with Crippen LogP contribution >= 0.6 is 0 Å². The summed E-state index contributed by atoms with van der Waals surface area (Å²) < 4.78 is 10.3. The number of carboxylic acid groups (broad SMARTS) is 1. The van der Waals surface area contributed by atoms with Crippen molar-refractivity contribution in [2.45, 2.75) is 20.0 Å². The van der Waals surface area contributed by atoms with E-state index in [1.165, 1.54) is 0 Å². The van der Waals surface area contributed by atoms with Crippen molar-refractivity contribution < 1.29 is 24.2 Å². The Kier molecular flexibility index (Phi) is 6.52. The van der Waals surface area contributed by atoms with Crippen LogP contribution in [-0.2, 0) is 14.3 Å². The zero-order valence-corrected chi connectivity index (χ0v) is 11.6. The minimum Gasteiger partial charge on any atom is -0.481 e. The van der Waals surface area contributed by atoms with E-state index >= 15 is 0 Å². The highest BCUT2D eigenvalue weighted by molar-refractivity contribution is 5.80. The van der Waals surface area contributed by atoms with E-state index in [-0.39, 0.29) is 25.7 Å². The highest BCUT2D eigenvalue weighted by Crippen LogP contribution is 2.13. The van der Waals surface area contributed by atoms with E-state index in [9.17, 15) is 9.59 Å². The molecule has 6 nitrogen and oxygen atoms in total. The molecule has 1 atom stereocenters. The van der Waals surface area contributed by atoms with Crippen LogP contribution in [0.15, 0.2) is 24.3 Å². The summed E-state index contributed by atoms with van der Waals surface area (Å²) in [6, 6.07) is 7.41. The molecule has 1 amide bonds. The van der Waals surface area contributed by atoms with Crippen LogP contribution in [0.2, 0.25) is 0 Å². The molecule has 1 rings (SSSR count). The number of aryl methyl sites for hydroxylation is 1. The summed E-state index contributed by atoms with van der Waals surface area (Å²) >= 11 is 0. The van der Waals surface area contributed by atoms with Crippen molar-refractivity contribution in [2.24, 2.45) is 0 Å². The first-order valence-electron chi connectivity index (χ1n) is 6.29. The van der Waals surface area contributed by atoms with E-state index in [1.54, 1.807) is 19.1 Å². The minimum absolute atomic E-state index is 0.148. The van der Waals surface area contributed by atoms with Gasteiger partial charge in [-0.2, -0.15) is 0 Å². The van der Waals surface area contributed by atoms with Gasteiger partial charge >= 0.3 is 5.97 Å². The number of carbonyl (C=O) groups is 2. The predicted molar refractivity (Wildman–Crippen MR) is 72.7 cm³/mol. The molecule has 0 aliphatic heterocycles. The molecular weight excluding hydrogens is 262 g/mol. The van der Waals surface area contributed by atoms with Crippen molar-refractivity contribution in [3.8, 4) is 5.75 Å². The second-order valence-corrected chi connectivity index (χ2v) is 4.31. The minimum atomic E-state index is -1.03. The summed E-state index contributed by atoms with van der Waals surface area (Å²) in [5, 5.41) is 11.0. The third kappa shape index (κ3) is 6.19. The first kappa shape index (κ1) is 16.0. The molecular formula is C14H19NO5. The van der Waals surface area contributed by atoms with Crippen LogP contribution in [0.25, 0.3) is 0 Å². The Hall–Kier alpha value is -2.08. The molecule has 6 heteroatoms. The van der Waals surface area contributed by atoms with E-state index in [0.29, 0.717) is 5.75 Å². The fraction of sp³-hybridized carbons (Fsp3) is 0.429. The van der Waals surface area contributed by atoms with Gasteiger partial charge in [-0.05, 0) is 26.0 Å². The monoisotopic (exact) mass is 281 g/mol. The smallest absolute Gasteiger partial charge is 0.329 e. The normalized spacial score (nSPS) is 11.7. The molecule has 0 spiro atoms. The first-order valence-corrected chi connectivity index (χ1v) is 6.29. The first-order chi connectivity index (χ1) is 9.49. The molecule has 0 saturated heterocycles. The van der Waals surface area contributed by atoms with E-state index in [2.05, 4.69) is 5.32 Å². The average Bonchev–Trinajstić information content (AvgIpc) is 2.40.